The first-order valence-corrected chi connectivity index (χ1v) is 7.21. The van der Waals surface area contributed by atoms with Crippen LogP contribution in [0.3, 0.4) is 0 Å². The Morgan fingerprint density at radius 3 is 2.67 bits per heavy atom. The highest BCUT2D eigenvalue weighted by molar-refractivity contribution is 5.76. The lowest BCUT2D eigenvalue weighted by atomic mass is 9.96. The highest BCUT2D eigenvalue weighted by Gasteiger charge is 2.31. The Labute approximate surface area is 111 Å². The van der Waals surface area contributed by atoms with Crippen molar-refractivity contribution in [3.05, 3.63) is 0 Å². The predicted octanol–water partition coefficient (Wildman–Crippen LogP) is 1.78. The number of carbonyl (C=O) groups is 1. The topological polar surface area (TPSA) is 55.6 Å². The minimum Gasteiger partial charge on any atom is -0.383 e. The molecule has 2 N–H and O–H groups in total. The fourth-order valence-electron chi connectivity index (χ4n) is 2.35. The number of amides is 1. The fraction of sp³-hybridized carbons (Fsp3) is 0.929. The Morgan fingerprint density at radius 1 is 1.44 bits per heavy atom. The molecule has 1 atom stereocenters. The van der Waals surface area contributed by atoms with E-state index in [0.29, 0.717) is 30.9 Å². The Morgan fingerprint density at radius 2 is 2.17 bits per heavy atom. The quantitative estimate of drug-likeness (QED) is 0.648. The van der Waals surface area contributed by atoms with Crippen molar-refractivity contribution in [2.24, 2.45) is 11.7 Å². The largest absolute Gasteiger partial charge is 0.383 e. The van der Waals surface area contributed by atoms with Gasteiger partial charge in [0.15, 0.2) is 0 Å². The van der Waals surface area contributed by atoms with Crippen LogP contribution in [0.2, 0.25) is 0 Å². The average molecular weight is 256 g/mol. The molecule has 4 heteroatoms. The number of nitrogens with zero attached hydrogens (tertiary/aromatic N) is 1. The lowest BCUT2D eigenvalue weighted by Crippen LogP contribution is -2.36. The zero-order valence-electron chi connectivity index (χ0n) is 11.9. The van der Waals surface area contributed by atoms with Crippen LogP contribution >= 0.6 is 0 Å². The van der Waals surface area contributed by atoms with Crippen molar-refractivity contribution in [2.45, 2.75) is 51.5 Å². The summed E-state index contributed by atoms with van der Waals surface area (Å²) < 4.78 is 5.08. The molecule has 1 aliphatic carbocycles. The van der Waals surface area contributed by atoms with E-state index in [1.54, 1.807) is 7.11 Å². The molecule has 0 bridgehead atoms. The molecule has 106 valence electrons. The molecule has 0 spiro atoms. The summed E-state index contributed by atoms with van der Waals surface area (Å²) in [6.45, 7) is 4.28. The predicted molar refractivity (Wildman–Crippen MR) is 73.3 cm³/mol. The van der Waals surface area contributed by atoms with Gasteiger partial charge in [0, 0.05) is 26.1 Å². The molecular weight excluding hydrogens is 228 g/mol. The number of hydrogen-bond donors (Lipinski definition) is 1. The standard InChI is InChI=1S/C14H28N2O2/c1-3-12(8-9-15)4-7-14(17)16(10-11-18-2)13-5-6-13/h12-13H,3-11,15H2,1-2H3. The molecule has 0 radical (unpaired) electrons. The molecule has 1 rings (SSSR count). The maximum absolute atomic E-state index is 12.2. The van der Waals surface area contributed by atoms with Crippen molar-refractivity contribution in [3.8, 4) is 0 Å². The fourth-order valence-corrected chi connectivity index (χ4v) is 2.35. The van der Waals surface area contributed by atoms with Crippen molar-refractivity contribution in [2.75, 3.05) is 26.8 Å². The molecule has 1 aliphatic rings. The van der Waals surface area contributed by atoms with E-state index in [4.69, 9.17) is 10.5 Å². The second kappa shape index (κ2) is 8.48. The van der Waals surface area contributed by atoms with E-state index in [1.165, 1.54) is 0 Å². The SMILES string of the molecule is CCC(CCN)CCC(=O)N(CCOC)C1CC1. The number of nitrogens with two attached hydrogens (primary N) is 1. The lowest BCUT2D eigenvalue weighted by Gasteiger charge is -2.23. The lowest BCUT2D eigenvalue weighted by molar-refractivity contribution is -0.132. The molecule has 1 fully saturated rings. The van der Waals surface area contributed by atoms with Crippen molar-refractivity contribution in [1.29, 1.82) is 0 Å². The Bertz CT molecular complexity index is 242. The summed E-state index contributed by atoms with van der Waals surface area (Å²) in [5, 5.41) is 0. The highest BCUT2D eigenvalue weighted by atomic mass is 16.5. The minimum atomic E-state index is 0.296. The van der Waals surface area contributed by atoms with Gasteiger partial charge in [-0.1, -0.05) is 13.3 Å². The van der Waals surface area contributed by atoms with Gasteiger partial charge in [-0.3, -0.25) is 4.79 Å². The van der Waals surface area contributed by atoms with Gasteiger partial charge in [-0.05, 0) is 38.1 Å². The third-order valence-electron chi connectivity index (χ3n) is 3.76. The van der Waals surface area contributed by atoms with Gasteiger partial charge in [0.05, 0.1) is 6.61 Å². The van der Waals surface area contributed by atoms with Gasteiger partial charge in [0.25, 0.3) is 0 Å². The molecule has 1 saturated carbocycles. The number of ether oxygens (including phenoxy) is 1. The van der Waals surface area contributed by atoms with Crippen LogP contribution in [0, 0.1) is 5.92 Å². The molecule has 0 heterocycles. The summed E-state index contributed by atoms with van der Waals surface area (Å²) in [5.74, 6) is 0.896. The maximum atomic E-state index is 12.2. The molecule has 1 amide bonds. The van der Waals surface area contributed by atoms with Crippen LogP contribution in [0.5, 0.6) is 0 Å². The molecular formula is C14H28N2O2. The molecule has 0 saturated heterocycles. The molecule has 0 aromatic rings. The van der Waals surface area contributed by atoms with E-state index in [9.17, 15) is 4.79 Å². The monoisotopic (exact) mass is 256 g/mol. The van der Waals surface area contributed by atoms with E-state index in [0.717, 1.165) is 45.2 Å². The summed E-state index contributed by atoms with van der Waals surface area (Å²) in [4.78, 5) is 14.2. The maximum Gasteiger partial charge on any atom is 0.222 e. The average Bonchev–Trinajstić information content (AvgIpc) is 3.19. The number of hydrogen-bond acceptors (Lipinski definition) is 3. The zero-order chi connectivity index (χ0) is 13.4. The minimum absolute atomic E-state index is 0.296. The summed E-state index contributed by atoms with van der Waals surface area (Å²) in [5.41, 5.74) is 5.58. The van der Waals surface area contributed by atoms with E-state index in [-0.39, 0.29) is 0 Å². The zero-order valence-corrected chi connectivity index (χ0v) is 11.9. The molecule has 1 unspecified atom stereocenters. The number of rotatable bonds is 10. The summed E-state index contributed by atoms with van der Waals surface area (Å²) in [6.07, 6.45) is 6.11. The van der Waals surface area contributed by atoms with Crippen LogP contribution in [-0.2, 0) is 9.53 Å². The van der Waals surface area contributed by atoms with Crippen LogP contribution in [-0.4, -0.2) is 43.7 Å². The first-order chi connectivity index (χ1) is 8.72. The smallest absolute Gasteiger partial charge is 0.222 e. The summed E-state index contributed by atoms with van der Waals surface area (Å²) in [7, 11) is 1.68. The van der Waals surface area contributed by atoms with Crippen molar-refractivity contribution < 1.29 is 9.53 Å². The van der Waals surface area contributed by atoms with Crippen LogP contribution < -0.4 is 5.73 Å². The van der Waals surface area contributed by atoms with Gasteiger partial charge in [-0.25, -0.2) is 0 Å². The molecule has 0 aromatic heterocycles. The van der Waals surface area contributed by atoms with E-state index < -0.39 is 0 Å². The third kappa shape index (κ3) is 5.36. The Balaban J connectivity index is 2.31. The van der Waals surface area contributed by atoms with Crippen molar-refractivity contribution in [3.63, 3.8) is 0 Å². The summed E-state index contributed by atoms with van der Waals surface area (Å²) in [6, 6.07) is 0.488. The van der Waals surface area contributed by atoms with Gasteiger partial charge in [-0.15, -0.1) is 0 Å². The van der Waals surface area contributed by atoms with E-state index in [1.807, 2.05) is 4.90 Å². The van der Waals surface area contributed by atoms with Crippen LogP contribution in [0.4, 0.5) is 0 Å². The van der Waals surface area contributed by atoms with Gasteiger partial charge >= 0.3 is 0 Å². The Hall–Kier alpha value is -0.610. The van der Waals surface area contributed by atoms with E-state index >= 15 is 0 Å². The van der Waals surface area contributed by atoms with Gasteiger partial charge in [0.1, 0.15) is 0 Å². The van der Waals surface area contributed by atoms with E-state index in [2.05, 4.69) is 6.92 Å². The summed E-state index contributed by atoms with van der Waals surface area (Å²) >= 11 is 0. The van der Waals surface area contributed by atoms with Gasteiger partial charge in [-0.2, -0.15) is 0 Å². The van der Waals surface area contributed by atoms with Crippen molar-refractivity contribution in [1.82, 2.24) is 4.90 Å². The first-order valence-electron chi connectivity index (χ1n) is 7.21. The molecule has 0 aromatic carbocycles. The van der Waals surface area contributed by atoms with Gasteiger partial charge in [0.2, 0.25) is 5.91 Å². The molecule has 0 aliphatic heterocycles. The number of carbonyl (C=O) groups excluding carboxylic acids is 1. The second-order valence-electron chi connectivity index (χ2n) is 5.20. The number of methoxy groups -OCH3 is 1. The molecule has 4 nitrogen and oxygen atoms in total. The van der Waals surface area contributed by atoms with Crippen LogP contribution in [0.15, 0.2) is 0 Å². The second-order valence-corrected chi connectivity index (χ2v) is 5.20. The van der Waals surface area contributed by atoms with Crippen molar-refractivity contribution >= 4 is 5.91 Å². The highest BCUT2D eigenvalue weighted by Crippen LogP contribution is 2.28. The third-order valence-corrected chi connectivity index (χ3v) is 3.76. The normalized spacial score (nSPS) is 16.6. The van der Waals surface area contributed by atoms with Gasteiger partial charge < -0.3 is 15.4 Å². The first kappa shape index (κ1) is 15.4. The molecule has 18 heavy (non-hydrogen) atoms. The Kier molecular flexibility index (Phi) is 7.28. The van der Waals surface area contributed by atoms with Crippen LogP contribution in [0.25, 0.3) is 0 Å². The van der Waals surface area contributed by atoms with Crippen LogP contribution in [0.1, 0.15) is 45.4 Å².